The number of likely N-dealkylation sites (tertiary alicyclic amines) is 1. The van der Waals surface area contributed by atoms with E-state index in [9.17, 15) is 13.2 Å². The highest BCUT2D eigenvalue weighted by molar-refractivity contribution is 7.89. The molecular formula is C14H15N3O3S. The van der Waals surface area contributed by atoms with Crippen LogP contribution in [0, 0.1) is 0 Å². The summed E-state index contributed by atoms with van der Waals surface area (Å²) in [4.78, 5) is 17.8. The Bertz CT molecular complexity index is 799. The summed E-state index contributed by atoms with van der Waals surface area (Å²) < 4.78 is 22.8. The van der Waals surface area contributed by atoms with Crippen molar-refractivity contribution in [1.82, 2.24) is 9.88 Å². The van der Waals surface area contributed by atoms with Crippen LogP contribution in [-0.2, 0) is 21.4 Å². The van der Waals surface area contributed by atoms with E-state index in [1.807, 2.05) is 30.3 Å². The first-order valence-corrected chi connectivity index (χ1v) is 8.18. The molecule has 0 radical (unpaired) electrons. The molecule has 110 valence electrons. The topological polar surface area (TPSA) is 93.4 Å². The van der Waals surface area contributed by atoms with Gasteiger partial charge in [-0.05, 0) is 17.7 Å². The predicted molar refractivity (Wildman–Crippen MR) is 78.7 cm³/mol. The Labute approximate surface area is 122 Å². The van der Waals surface area contributed by atoms with Crippen LogP contribution >= 0.6 is 0 Å². The van der Waals surface area contributed by atoms with Crippen molar-refractivity contribution in [2.75, 3.05) is 6.54 Å². The summed E-state index contributed by atoms with van der Waals surface area (Å²) in [7, 11) is -3.68. The second-order valence-corrected chi connectivity index (χ2v) is 7.02. The Morgan fingerprint density at radius 3 is 2.76 bits per heavy atom. The summed E-state index contributed by atoms with van der Waals surface area (Å²) in [5, 5.41) is 5.29. The molecule has 1 fully saturated rings. The fourth-order valence-corrected chi connectivity index (χ4v) is 3.37. The van der Waals surface area contributed by atoms with Crippen molar-refractivity contribution in [3.63, 3.8) is 0 Å². The van der Waals surface area contributed by atoms with Gasteiger partial charge in [0, 0.05) is 31.1 Å². The molecule has 0 bridgehead atoms. The number of aromatic nitrogens is 1. The van der Waals surface area contributed by atoms with Gasteiger partial charge in [-0.1, -0.05) is 18.2 Å². The lowest BCUT2D eigenvalue weighted by Crippen LogP contribution is -2.31. The lowest BCUT2D eigenvalue weighted by atomic mass is 10.1. The molecule has 0 saturated carbocycles. The molecule has 2 N–H and O–H groups in total. The Balaban J connectivity index is 1.88. The van der Waals surface area contributed by atoms with Crippen molar-refractivity contribution >= 4 is 26.8 Å². The molecule has 2 aromatic rings. The van der Waals surface area contributed by atoms with Crippen LogP contribution in [0.2, 0.25) is 0 Å². The van der Waals surface area contributed by atoms with E-state index in [1.54, 1.807) is 6.20 Å². The number of para-hydroxylation sites is 1. The Morgan fingerprint density at radius 2 is 2.05 bits per heavy atom. The molecule has 1 atom stereocenters. The lowest BCUT2D eigenvalue weighted by Gasteiger charge is -2.17. The van der Waals surface area contributed by atoms with Crippen LogP contribution < -0.4 is 5.14 Å². The molecule has 0 spiro atoms. The monoisotopic (exact) mass is 305 g/mol. The molecule has 1 aliphatic rings. The number of nitrogens with two attached hydrogens (primary N) is 1. The smallest absolute Gasteiger partial charge is 0.224 e. The average molecular weight is 305 g/mol. The predicted octanol–water partition coefficient (Wildman–Crippen LogP) is 0.624. The van der Waals surface area contributed by atoms with Gasteiger partial charge in [0.25, 0.3) is 0 Å². The fourth-order valence-electron chi connectivity index (χ4n) is 2.61. The number of rotatable bonds is 3. The molecule has 1 aromatic heterocycles. The number of amides is 1. The number of pyridine rings is 1. The van der Waals surface area contributed by atoms with Crippen LogP contribution in [0.1, 0.15) is 12.0 Å². The van der Waals surface area contributed by atoms with E-state index in [0.29, 0.717) is 6.54 Å². The SMILES string of the molecule is NS(=O)(=O)C1CC(=O)N(Cc2ccnc3ccccc23)C1. The van der Waals surface area contributed by atoms with E-state index >= 15 is 0 Å². The number of sulfonamides is 1. The summed E-state index contributed by atoms with van der Waals surface area (Å²) in [6.07, 6.45) is 1.65. The minimum Gasteiger partial charge on any atom is -0.337 e. The van der Waals surface area contributed by atoms with Crippen LogP contribution in [0.5, 0.6) is 0 Å². The molecule has 0 aliphatic carbocycles. The molecule has 3 rings (SSSR count). The molecule has 2 heterocycles. The van der Waals surface area contributed by atoms with Crippen molar-refractivity contribution in [3.05, 3.63) is 42.1 Å². The third kappa shape index (κ3) is 2.74. The fraction of sp³-hybridized carbons (Fsp3) is 0.286. The van der Waals surface area contributed by atoms with Crippen LogP contribution in [-0.4, -0.2) is 36.0 Å². The molecule has 6 nitrogen and oxygen atoms in total. The van der Waals surface area contributed by atoms with Gasteiger partial charge in [0.15, 0.2) is 0 Å². The number of hydrogen-bond donors (Lipinski definition) is 1. The summed E-state index contributed by atoms with van der Waals surface area (Å²) >= 11 is 0. The van der Waals surface area contributed by atoms with Crippen LogP contribution in [0.15, 0.2) is 36.5 Å². The van der Waals surface area contributed by atoms with Gasteiger partial charge in [0.1, 0.15) is 5.25 Å². The highest BCUT2D eigenvalue weighted by Gasteiger charge is 2.36. The van der Waals surface area contributed by atoms with Crippen molar-refractivity contribution in [2.24, 2.45) is 5.14 Å². The molecule has 1 aliphatic heterocycles. The van der Waals surface area contributed by atoms with Crippen LogP contribution in [0.25, 0.3) is 10.9 Å². The van der Waals surface area contributed by atoms with Crippen molar-refractivity contribution in [1.29, 1.82) is 0 Å². The van der Waals surface area contributed by atoms with Crippen molar-refractivity contribution < 1.29 is 13.2 Å². The molecule has 21 heavy (non-hydrogen) atoms. The molecule has 1 saturated heterocycles. The molecule has 1 amide bonds. The first kappa shape index (κ1) is 14.0. The number of hydrogen-bond acceptors (Lipinski definition) is 4. The zero-order valence-corrected chi connectivity index (χ0v) is 12.1. The largest absolute Gasteiger partial charge is 0.337 e. The van der Waals surface area contributed by atoms with Gasteiger partial charge in [-0.2, -0.15) is 0 Å². The Kier molecular flexibility index (Phi) is 3.38. The van der Waals surface area contributed by atoms with Gasteiger partial charge in [0.05, 0.1) is 5.52 Å². The zero-order valence-electron chi connectivity index (χ0n) is 11.3. The highest BCUT2D eigenvalue weighted by atomic mass is 32.2. The third-order valence-electron chi connectivity index (χ3n) is 3.74. The zero-order chi connectivity index (χ0) is 15.0. The van der Waals surface area contributed by atoms with Gasteiger partial charge in [-0.25, -0.2) is 13.6 Å². The van der Waals surface area contributed by atoms with E-state index in [-0.39, 0.29) is 18.9 Å². The standard InChI is InChI=1S/C14H15N3O3S/c15-21(19,20)11-7-14(18)17(9-11)8-10-5-6-16-13-4-2-1-3-12(10)13/h1-6,11H,7-9H2,(H2,15,19,20). The van der Waals surface area contributed by atoms with E-state index in [2.05, 4.69) is 4.98 Å². The molecular weight excluding hydrogens is 290 g/mol. The van der Waals surface area contributed by atoms with Crippen LogP contribution in [0.4, 0.5) is 0 Å². The lowest BCUT2D eigenvalue weighted by molar-refractivity contribution is -0.128. The quantitative estimate of drug-likeness (QED) is 0.899. The van der Waals surface area contributed by atoms with Gasteiger partial charge in [0.2, 0.25) is 15.9 Å². The molecule has 1 aromatic carbocycles. The number of fused-ring (bicyclic) bond motifs is 1. The van der Waals surface area contributed by atoms with Crippen LogP contribution in [0.3, 0.4) is 0 Å². The third-order valence-corrected chi connectivity index (χ3v) is 4.99. The van der Waals surface area contributed by atoms with Gasteiger partial charge < -0.3 is 4.90 Å². The summed E-state index contributed by atoms with van der Waals surface area (Å²) in [5.41, 5.74) is 1.80. The number of carbonyl (C=O) groups is 1. The molecule has 1 unspecified atom stereocenters. The van der Waals surface area contributed by atoms with E-state index in [4.69, 9.17) is 5.14 Å². The maximum absolute atomic E-state index is 12.0. The summed E-state index contributed by atoms with van der Waals surface area (Å²) in [6, 6.07) is 9.50. The summed E-state index contributed by atoms with van der Waals surface area (Å²) in [6.45, 7) is 0.516. The maximum Gasteiger partial charge on any atom is 0.224 e. The molecule has 7 heteroatoms. The van der Waals surface area contributed by atoms with E-state index in [1.165, 1.54) is 4.90 Å². The second kappa shape index (κ2) is 5.09. The Hall–Kier alpha value is -1.99. The number of benzene rings is 1. The average Bonchev–Trinajstić information content (AvgIpc) is 2.81. The van der Waals surface area contributed by atoms with Crippen molar-refractivity contribution in [2.45, 2.75) is 18.2 Å². The van der Waals surface area contributed by atoms with E-state index < -0.39 is 15.3 Å². The second-order valence-electron chi connectivity index (χ2n) is 5.18. The van der Waals surface area contributed by atoms with Gasteiger partial charge in [-0.3, -0.25) is 9.78 Å². The highest BCUT2D eigenvalue weighted by Crippen LogP contribution is 2.22. The van der Waals surface area contributed by atoms with E-state index in [0.717, 1.165) is 16.5 Å². The number of primary sulfonamides is 1. The minimum absolute atomic E-state index is 0.0398. The normalized spacial score (nSPS) is 19.4. The van der Waals surface area contributed by atoms with Gasteiger partial charge >= 0.3 is 0 Å². The maximum atomic E-state index is 12.0. The van der Waals surface area contributed by atoms with Gasteiger partial charge in [-0.15, -0.1) is 0 Å². The first-order valence-electron chi connectivity index (χ1n) is 6.57. The summed E-state index contributed by atoms with van der Waals surface area (Å²) in [5.74, 6) is -0.185. The van der Waals surface area contributed by atoms with Crippen molar-refractivity contribution in [3.8, 4) is 0 Å². The number of carbonyl (C=O) groups excluding carboxylic acids is 1. The Morgan fingerprint density at radius 1 is 1.29 bits per heavy atom. The first-order chi connectivity index (χ1) is 9.95. The number of nitrogens with zero attached hydrogens (tertiary/aromatic N) is 2. The minimum atomic E-state index is -3.68.